The van der Waals surface area contributed by atoms with Gasteiger partial charge in [0.25, 0.3) is 0 Å². The highest BCUT2D eigenvalue weighted by molar-refractivity contribution is 5.68. The largest absolute Gasteiger partial charge is 0.446 e. The van der Waals surface area contributed by atoms with E-state index >= 15 is 0 Å². The van der Waals surface area contributed by atoms with Crippen LogP contribution in [-0.4, -0.2) is 37.4 Å². The van der Waals surface area contributed by atoms with Gasteiger partial charge in [-0.3, -0.25) is 0 Å². The van der Waals surface area contributed by atoms with Gasteiger partial charge >= 0.3 is 6.09 Å². The molecule has 5 nitrogen and oxygen atoms in total. The minimum absolute atomic E-state index is 0. The van der Waals surface area contributed by atoms with Crippen LogP contribution in [0, 0.1) is 63.6 Å². The third-order valence-electron chi connectivity index (χ3n) is 14.2. The summed E-state index contributed by atoms with van der Waals surface area (Å²) in [7, 11) is 0. The zero-order valence-electron chi connectivity index (χ0n) is 30.9. The van der Waals surface area contributed by atoms with Gasteiger partial charge < -0.3 is 21.1 Å². The van der Waals surface area contributed by atoms with Crippen molar-refractivity contribution < 1.29 is 9.53 Å². The lowest BCUT2D eigenvalue weighted by molar-refractivity contribution is -0.1000. The lowest BCUT2D eigenvalue weighted by Crippen LogP contribution is -2.57. The predicted molar refractivity (Wildman–Crippen MR) is 199 cm³/mol. The van der Waals surface area contributed by atoms with Crippen molar-refractivity contribution in [3.05, 3.63) is 25.8 Å². The van der Waals surface area contributed by atoms with Crippen molar-refractivity contribution in [2.75, 3.05) is 13.1 Å². The first-order valence-electron chi connectivity index (χ1n) is 19.1. The molecule has 5 aliphatic carbocycles. The molecule has 6 rings (SSSR count). The summed E-state index contributed by atoms with van der Waals surface area (Å²) in [6, 6.07) is 0.544. The summed E-state index contributed by atoms with van der Waals surface area (Å²) in [5, 5.41) is 6.27. The van der Waals surface area contributed by atoms with E-state index in [1.54, 1.807) is 0 Å². The Morgan fingerprint density at radius 1 is 1.00 bits per heavy atom. The van der Waals surface area contributed by atoms with E-state index in [-0.39, 0.29) is 25.7 Å². The number of fused-ring (bicyclic) bond motifs is 2. The van der Waals surface area contributed by atoms with Crippen molar-refractivity contribution in [1.29, 1.82) is 0 Å². The summed E-state index contributed by atoms with van der Waals surface area (Å²) in [4.78, 5) is 12.6. The van der Waals surface area contributed by atoms with Crippen LogP contribution in [0.1, 0.15) is 134 Å². The Hall–Kier alpha value is -1.33. The van der Waals surface area contributed by atoms with Crippen LogP contribution in [0.4, 0.5) is 4.79 Å². The third kappa shape index (κ3) is 7.03. The number of alkyl carbamates (subject to hydrolysis) is 1. The van der Waals surface area contributed by atoms with Gasteiger partial charge in [-0.05, 0) is 128 Å². The molecular formula is C41H77N3O2. The second-order valence-electron chi connectivity index (χ2n) is 15.9. The number of nitrogens with one attached hydrogen (secondary N) is 2. The topological polar surface area (TPSA) is 76.4 Å². The third-order valence-corrected chi connectivity index (χ3v) is 14.2. The quantitative estimate of drug-likeness (QED) is 0.230. The van der Waals surface area contributed by atoms with E-state index in [0.29, 0.717) is 46.0 Å². The van der Waals surface area contributed by atoms with Gasteiger partial charge in [-0.1, -0.05) is 75.8 Å². The highest BCUT2D eigenvalue weighted by Crippen LogP contribution is 2.86. The van der Waals surface area contributed by atoms with Crippen LogP contribution in [-0.2, 0) is 4.74 Å². The number of hydrogen-bond donors (Lipinski definition) is 3. The smallest absolute Gasteiger partial charge is 0.407 e. The Balaban J connectivity index is 0.000000995. The highest BCUT2D eigenvalue weighted by Gasteiger charge is 2.79. The zero-order chi connectivity index (χ0) is 33.7. The molecule has 5 saturated carbocycles. The van der Waals surface area contributed by atoms with Crippen molar-refractivity contribution in [3.8, 4) is 0 Å². The van der Waals surface area contributed by atoms with Crippen LogP contribution in [0.3, 0.4) is 0 Å². The van der Waals surface area contributed by atoms with Crippen molar-refractivity contribution in [1.82, 2.24) is 10.6 Å². The lowest BCUT2D eigenvalue weighted by Gasteiger charge is -2.57. The summed E-state index contributed by atoms with van der Waals surface area (Å²) in [5.74, 6) is 5.49. The molecule has 1 amide bonds. The molecule has 0 bridgehead atoms. The van der Waals surface area contributed by atoms with Gasteiger partial charge in [0.2, 0.25) is 0 Å². The summed E-state index contributed by atoms with van der Waals surface area (Å²) in [6.07, 6.45) is 15.4. The molecule has 1 saturated heterocycles. The number of nitrogens with two attached hydrogens (primary N) is 1. The van der Waals surface area contributed by atoms with E-state index < -0.39 is 0 Å². The molecule has 268 valence electrons. The van der Waals surface area contributed by atoms with Gasteiger partial charge in [0.15, 0.2) is 0 Å². The summed E-state index contributed by atoms with van der Waals surface area (Å²) in [5.41, 5.74) is 8.11. The molecule has 0 aromatic rings. The molecule has 6 fully saturated rings. The maximum absolute atomic E-state index is 12.6. The number of hydrogen-bond acceptors (Lipinski definition) is 4. The average molecular weight is 644 g/mol. The Labute approximate surface area is 286 Å². The van der Waals surface area contributed by atoms with Crippen LogP contribution < -0.4 is 16.4 Å². The van der Waals surface area contributed by atoms with Gasteiger partial charge in [0.1, 0.15) is 6.10 Å². The SMILES string of the molecule is C.C=C.C=CC1CC2C3CCC4C(C)C(OC(=O)NC5CNC5)CCC45CC35CCC2(C)C1CCC(C)C(N)C(C)C.CC.CC. The summed E-state index contributed by atoms with van der Waals surface area (Å²) < 4.78 is 6.06. The molecule has 0 aromatic heterocycles. The lowest BCUT2D eigenvalue weighted by atomic mass is 9.48. The van der Waals surface area contributed by atoms with E-state index in [0.717, 1.165) is 43.2 Å². The monoisotopic (exact) mass is 644 g/mol. The molecule has 0 radical (unpaired) electrons. The van der Waals surface area contributed by atoms with Crippen molar-refractivity contribution in [3.63, 3.8) is 0 Å². The second kappa shape index (κ2) is 16.9. The van der Waals surface area contributed by atoms with Gasteiger partial charge in [-0.25, -0.2) is 4.79 Å². The molecule has 12 atom stereocenters. The van der Waals surface area contributed by atoms with Crippen LogP contribution >= 0.6 is 0 Å². The predicted octanol–water partition coefficient (Wildman–Crippen LogP) is 10.0. The zero-order valence-corrected chi connectivity index (χ0v) is 30.9. The highest BCUT2D eigenvalue weighted by atomic mass is 16.6. The first-order valence-corrected chi connectivity index (χ1v) is 19.1. The molecule has 6 aliphatic rings. The van der Waals surface area contributed by atoms with Crippen molar-refractivity contribution in [2.24, 2.45) is 69.3 Å². The molecule has 12 unspecified atom stereocenters. The molecular weight excluding hydrogens is 566 g/mol. The molecule has 5 heteroatoms. The molecule has 46 heavy (non-hydrogen) atoms. The molecule has 2 spiro atoms. The van der Waals surface area contributed by atoms with Gasteiger partial charge in [0, 0.05) is 19.1 Å². The Morgan fingerprint density at radius 3 is 2.17 bits per heavy atom. The first-order chi connectivity index (χ1) is 21.6. The van der Waals surface area contributed by atoms with Crippen LogP contribution in [0.5, 0.6) is 0 Å². The van der Waals surface area contributed by atoms with Crippen LogP contribution in [0.25, 0.3) is 0 Å². The molecule has 1 heterocycles. The number of carbonyl (C=O) groups is 1. The van der Waals surface area contributed by atoms with E-state index in [1.165, 1.54) is 57.8 Å². The fraction of sp³-hybridized carbons (Fsp3) is 0.878. The molecule has 1 aliphatic heterocycles. The van der Waals surface area contributed by atoms with Crippen LogP contribution in [0.2, 0.25) is 0 Å². The average Bonchev–Trinajstić information content (AvgIpc) is 3.62. The standard InChI is InChI=1S/C34H57N3O2.2C2H6.C2H4.CH4/c1-7-23-16-28-27-11-10-25-22(5)29(39-31(38)37-24-17-36-18-24)12-13-33(25)19-34(27,33)15-14-32(28,6)26(23)9-8-21(4)30(35)20(2)3;3*1-2;/h7,20-30,36H,1,8-19,35H2,2-6H3,(H,37,38);2*1-2H3;1-2H2;1H4. The van der Waals surface area contributed by atoms with Crippen molar-refractivity contribution in [2.45, 2.75) is 152 Å². The van der Waals surface area contributed by atoms with Crippen LogP contribution in [0.15, 0.2) is 25.8 Å². The van der Waals surface area contributed by atoms with E-state index in [9.17, 15) is 4.79 Å². The second-order valence-corrected chi connectivity index (χ2v) is 15.9. The number of ether oxygens (including phenoxy) is 1. The first kappa shape index (κ1) is 40.8. The van der Waals surface area contributed by atoms with Gasteiger partial charge in [-0.15, -0.1) is 19.7 Å². The number of rotatable bonds is 8. The summed E-state index contributed by atoms with van der Waals surface area (Å²) >= 11 is 0. The fourth-order valence-corrected chi connectivity index (χ4v) is 11.7. The summed E-state index contributed by atoms with van der Waals surface area (Å²) in [6.45, 7) is 32.1. The van der Waals surface area contributed by atoms with Gasteiger partial charge in [-0.2, -0.15) is 0 Å². The maximum Gasteiger partial charge on any atom is 0.407 e. The normalized spacial score (nSPS) is 41.1. The molecule has 0 aromatic carbocycles. The Morgan fingerprint density at radius 2 is 1.61 bits per heavy atom. The minimum Gasteiger partial charge on any atom is -0.446 e. The maximum atomic E-state index is 12.6. The van der Waals surface area contributed by atoms with E-state index in [4.69, 9.17) is 10.5 Å². The van der Waals surface area contributed by atoms with E-state index in [1.807, 2.05) is 27.7 Å². The van der Waals surface area contributed by atoms with E-state index in [2.05, 4.69) is 71.1 Å². The Kier molecular flexibility index (Phi) is 15.0. The number of amides is 1. The number of carbonyl (C=O) groups excluding carboxylic acids is 1. The molecule has 4 N–H and O–H groups in total. The van der Waals surface area contributed by atoms with Crippen molar-refractivity contribution >= 4 is 6.09 Å². The Bertz CT molecular complexity index is 965. The number of allylic oxidation sites excluding steroid dienone is 1. The fourth-order valence-electron chi connectivity index (χ4n) is 11.7. The van der Waals surface area contributed by atoms with Gasteiger partial charge in [0.05, 0.1) is 6.04 Å². The minimum atomic E-state index is -0.196.